The van der Waals surface area contributed by atoms with Crippen molar-refractivity contribution in [3.63, 3.8) is 0 Å². The van der Waals surface area contributed by atoms with Gasteiger partial charge in [-0.15, -0.1) is 0 Å². The molecule has 0 spiro atoms. The monoisotopic (exact) mass is 379 g/mol. The number of aryl methyl sites for hydroxylation is 1. The third-order valence-corrected chi connectivity index (χ3v) is 4.60. The fourth-order valence-corrected chi connectivity index (χ4v) is 2.93. The Labute approximate surface area is 156 Å². The van der Waals surface area contributed by atoms with Crippen LogP contribution in [0.25, 0.3) is 0 Å². The average molecular weight is 380 g/mol. The van der Waals surface area contributed by atoms with E-state index in [-0.39, 0.29) is 5.91 Å². The predicted octanol–water partition coefficient (Wildman–Crippen LogP) is 3.10. The second-order valence-electron chi connectivity index (χ2n) is 6.06. The highest BCUT2D eigenvalue weighted by Crippen LogP contribution is 2.26. The Kier molecular flexibility index (Phi) is 5.42. The van der Waals surface area contributed by atoms with E-state index in [0.29, 0.717) is 27.4 Å². The molecule has 3 rings (SSSR count). The van der Waals surface area contributed by atoms with Crippen molar-refractivity contribution in [2.45, 2.75) is 6.92 Å². The molecule has 132 valence electrons. The molecule has 0 aliphatic carbocycles. The molecule has 0 radical (unpaired) electrons. The number of rotatable bonds is 3. The van der Waals surface area contributed by atoms with Crippen LogP contribution in [0.2, 0.25) is 10.0 Å². The molecular formula is C17H19Cl2N5O. The maximum Gasteiger partial charge on any atom is 0.274 e. The number of piperazine rings is 1. The number of halogens is 2. The standard InChI is InChI=1S/C17H19Cl2N5O/c1-11-9-15(16(25)21-14-10-12(18)3-4-13(14)19)22-17(20-11)24-7-5-23(2)6-8-24/h3-4,9-10H,5-8H2,1-2H3,(H,21,25). The van der Waals surface area contributed by atoms with Crippen LogP contribution in [-0.4, -0.2) is 54.0 Å². The molecular weight excluding hydrogens is 361 g/mol. The third kappa shape index (κ3) is 4.39. The van der Waals surface area contributed by atoms with E-state index >= 15 is 0 Å². The summed E-state index contributed by atoms with van der Waals surface area (Å²) in [7, 11) is 2.09. The van der Waals surface area contributed by atoms with Crippen molar-refractivity contribution in [2.24, 2.45) is 0 Å². The molecule has 1 aliphatic rings. The van der Waals surface area contributed by atoms with Crippen molar-refractivity contribution in [1.82, 2.24) is 14.9 Å². The van der Waals surface area contributed by atoms with Crippen molar-refractivity contribution in [3.05, 3.63) is 45.7 Å². The molecule has 2 aromatic rings. The van der Waals surface area contributed by atoms with E-state index in [1.165, 1.54) is 0 Å². The largest absolute Gasteiger partial charge is 0.338 e. The first-order valence-electron chi connectivity index (χ1n) is 7.98. The van der Waals surface area contributed by atoms with Crippen LogP contribution in [0.1, 0.15) is 16.2 Å². The van der Waals surface area contributed by atoms with E-state index < -0.39 is 0 Å². The third-order valence-electron chi connectivity index (χ3n) is 4.04. The summed E-state index contributed by atoms with van der Waals surface area (Å²) in [6.45, 7) is 5.40. The van der Waals surface area contributed by atoms with Gasteiger partial charge in [-0.05, 0) is 38.2 Å². The molecule has 1 N–H and O–H groups in total. The minimum Gasteiger partial charge on any atom is -0.338 e. The van der Waals surface area contributed by atoms with Gasteiger partial charge in [-0.3, -0.25) is 4.79 Å². The van der Waals surface area contributed by atoms with Crippen molar-refractivity contribution in [3.8, 4) is 0 Å². The minimum absolute atomic E-state index is 0.303. The topological polar surface area (TPSA) is 61.4 Å². The lowest BCUT2D eigenvalue weighted by Crippen LogP contribution is -2.45. The molecule has 1 aromatic heterocycles. The summed E-state index contributed by atoms with van der Waals surface area (Å²) in [4.78, 5) is 25.8. The highest BCUT2D eigenvalue weighted by atomic mass is 35.5. The number of carbonyl (C=O) groups excluding carboxylic acids is 1. The Bertz CT molecular complexity index is 791. The van der Waals surface area contributed by atoms with Gasteiger partial charge in [0.05, 0.1) is 10.7 Å². The Morgan fingerprint density at radius 1 is 1.12 bits per heavy atom. The van der Waals surface area contributed by atoms with Gasteiger partial charge in [0.2, 0.25) is 5.95 Å². The van der Waals surface area contributed by atoms with E-state index in [9.17, 15) is 4.79 Å². The summed E-state index contributed by atoms with van der Waals surface area (Å²) in [6.07, 6.45) is 0. The van der Waals surface area contributed by atoms with Gasteiger partial charge in [-0.1, -0.05) is 23.2 Å². The number of carbonyl (C=O) groups is 1. The predicted molar refractivity (Wildman–Crippen MR) is 101 cm³/mol. The summed E-state index contributed by atoms with van der Waals surface area (Å²) < 4.78 is 0. The molecule has 1 saturated heterocycles. The molecule has 1 aromatic carbocycles. The second kappa shape index (κ2) is 7.56. The molecule has 1 amide bonds. The Morgan fingerprint density at radius 2 is 1.84 bits per heavy atom. The summed E-state index contributed by atoms with van der Waals surface area (Å²) in [5, 5.41) is 3.68. The Morgan fingerprint density at radius 3 is 2.56 bits per heavy atom. The van der Waals surface area contributed by atoms with E-state index in [1.54, 1.807) is 24.3 Å². The van der Waals surface area contributed by atoms with Crippen molar-refractivity contribution >= 4 is 40.7 Å². The van der Waals surface area contributed by atoms with Gasteiger partial charge < -0.3 is 15.1 Å². The van der Waals surface area contributed by atoms with Crippen LogP contribution in [-0.2, 0) is 0 Å². The van der Waals surface area contributed by atoms with Crippen LogP contribution in [0.4, 0.5) is 11.6 Å². The average Bonchev–Trinajstić information content (AvgIpc) is 2.58. The molecule has 25 heavy (non-hydrogen) atoms. The smallest absolute Gasteiger partial charge is 0.274 e. The molecule has 0 bridgehead atoms. The normalized spacial score (nSPS) is 15.3. The zero-order valence-electron chi connectivity index (χ0n) is 14.1. The number of hydrogen-bond acceptors (Lipinski definition) is 5. The second-order valence-corrected chi connectivity index (χ2v) is 6.91. The first-order chi connectivity index (χ1) is 11.9. The number of likely N-dealkylation sites (N-methyl/N-ethyl adjacent to an activating group) is 1. The number of hydrogen-bond donors (Lipinski definition) is 1. The SMILES string of the molecule is Cc1cc(C(=O)Nc2cc(Cl)ccc2Cl)nc(N2CCN(C)CC2)n1. The molecule has 2 heterocycles. The molecule has 1 fully saturated rings. The van der Waals surface area contributed by atoms with Crippen molar-refractivity contribution < 1.29 is 4.79 Å². The highest BCUT2D eigenvalue weighted by Gasteiger charge is 2.19. The summed E-state index contributed by atoms with van der Waals surface area (Å²) in [5.74, 6) is 0.237. The number of benzene rings is 1. The first kappa shape index (κ1) is 17.9. The van der Waals surface area contributed by atoms with Gasteiger partial charge in [0.15, 0.2) is 0 Å². The van der Waals surface area contributed by atoms with Gasteiger partial charge in [0, 0.05) is 36.9 Å². The molecule has 6 nitrogen and oxygen atoms in total. The fourth-order valence-electron chi connectivity index (χ4n) is 2.60. The van der Waals surface area contributed by atoms with E-state index in [4.69, 9.17) is 23.2 Å². The van der Waals surface area contributed by atoms with E-state index in [0.717, 1.165) is 31.9 Å². The van der Waals surface area contributed by atoms with Crippen LogP contribution in [0.5, 0.6) is 0 Å². The van der Waals surface area contributed by atoms with E-state index in [1.807, 2.05) is 6.92 Å². The number of amides is 1. The molecule has 0 atom stereocenters. The summed E-state index contributed by atoms with van der Waals surface area (Å²) in [6, 6.07) is 6.57. The van der Waals surface area contributed by atoms with Crippen LogP contribution in [0, 0.1) is 6.92 Å². The van der Waals surface area contributed by atoms with Gasteiger partial charge in [0.1, 0.15) is 5.69 Å². The van der Waals surface area contributed by atoms with Gasteiger partial charge in [0.25, 0.3) is 5.91 Å². The van der Waals surface area contributed by atoms with Crippen LogP contribution in [0.15, 0.2) is 24.3 Å². The van der Waals surface area contributed by atoms with E-state index in [2.05, 4.69) is 32.1 Å². The zero-order chi connectivity index (χ0) is 18.0. The molecule has 8 heteroatoms. The van der Waals surface area contributed by atoms with Gasteiger partial charge >= 0.3 is 0 Å². The summed E-state index contributed by atoms with van der Waals surface area (Å²) in [5.41, 5.74) is 1.50. The number of nitrogens with zero attached hydrogens (tertiary/aromatic N) is 4. The quantitative estimate of drug-likeness (QED) is 0.887. The first-order valence-corrected chi connectivity index (χ1v) is 8.73. The zero-order valence-corrected chi connectivity index (χ0v) is 15.6. The van der Waals surface area contributed by atoms with Crippen LogP contribution >= 0.6 is 23.2 Å². The fraction of sp³-hybridized carbons (Fsp3) is 0.353. The van der Waals surface area contributed by atoms with Crippen LogP contribution in [0.3, 0.4) is 0 Å². The summed E-state index contributed by atoms with van der Waals surface area (Å²) >= 11 is 12.1. The van der Waals surface area contributed by atoms with Crippen molar-refractivity contribution in [1.29, 1.82) is 0 Å². The van der Waals surface area contributed by atoms with Crippen molar-refractivity contribution in [2.75, 3.05) is 43.4 Å². The lowest BCUT2D eigenvalue weighted by molar-refractivity contribution is 0.102. The maximum atomic E-state index is 12.6. The van der Waals surface area contributed by atoms with Gasteiger partial charge in [-0.2, -0.15) is 0 Å². The lowest BCUT2D eigenvalue weighted by atomic mass is 10.2. The molecule has 0 saturated carbocycles. The lowest BCUT2D eigenvalue weighted by Gasteiger charge is -2.32. The molecule has 0 unspecified atom stereocenters. The number of aromatic nitrogens is 2. The minimum atomic E-state index is -0.343. The number of anilines is 2. The Balaban J connectivity index is 1.82. The molecule has 1 aliphatic heterocycles. The highest BCUT2D eigenvalue weighted by molar-refractivity contribution is 6.35. The maximum absolute atomic E-state index is 12.6. The van der Waals surface area contributed by atoms with Crippen LogP contribution < -0.4 is 10.2 Å². The Hall–Kier alpha value is -1.89. The van der Waals surface area contributed by atoms with Gasteiger partial charge in [-0.25, -0.2) is 9.97 Å². The number of nitrogens with one attached hydrogen (secondary N) is 1.